The first-order chi connectivity index (χ1) is 13.8. The molecule has 0 fully saturated rings. The van der Waals surface area contributed by atoms with Crippen molar-refractivity contribution in [2.24, 2.45) is 0 Å². The van der Waals surface area contributed by atoms with Gasteiger partial charge in [0, 0.05) is 30.1 Å². The third kappa shape index (κ3) is 8.16. The zero-order valence-electron chi connectivity index (χ0n) is 17.3. The number of nitrogens with one attached hydrogen (secondary N) is 2. The van der Waals surface area contributed by atoms with Crippen molar-refractivity contribution in [3.8, 4) is 5.75 Å². The molecule has 0 saturated carbocycles. The Hall–Kier alpha value is -2.53. The first-order valence-electron chi connectivity index (χ1n) is 9.79. The number of benzene rings is 2. The molecule has 0 aromatic heterocycles. The SMILES string of the molecule is CC(C)(C)c1ccc(OCCCC(=O)NCCNC(=O)c2ccc(Cl)cc2)cc1. The zero-order valence-corrected chi connectivity index (χ0v) is 18.0. The average Bonchev–Trinajstić information content (AvgIpc) is 2.68. The van der Waals surface area contributed by atoms with Gasteiger partial charge in [-0.2, -0.15) is 0 Å². The smallest absolute Gasteiger partial charge is 0.251 e. The van der Waals surface area contributed by atoms with Crippen molar-refractivity contribution >= 4 is 23.4 Å². The molecule has 0 atom stereocenters. The molecule has 2 amide bonds. The summed E-state index contributed by atoms with van der Waals surface area (Å²) in [7, 11) is 0. The van der Waals surface area contributed by atoms with Crippen LogP contribution in [0.1, 0.15) is 49.5 Å². The second kappa shape index (κ2) is 10.9. The van der Waals surface area contributed by atoms with E-state index in [0.29, 0.717) is 43.1 Å². The van der Waals surface area contributed by atoms with Gasteiger partial charge in [0.25, 0.3) is 5.91 Å². The van der Waals surface area contributed by atoms with Crippen molar-refractivity contribution in [1.29, 1.82) is 0 Å². The minimum absolute atomic E-state index is 0.0579. The van der Waals surface area contributed by atoms with Gasteiger partial charge in [-0.3, -0.25) is 9.59 Å². The number of rotatable bonds is 9. The fourth-order valence-corrected chi connectivity index (χ4v) is 2.77. The summed E-state index contributed by atoms with van der Waals surface area (Å²) in [5.41, 5.74) is 1.91. The predicted octanol–water partition coefficient (Wildman–Crippen LogP) is 4.34. The van der Waals surface area contributed by atoms with E-state index < -0.39 is 0 Å². The first kappa shape index (κ1) is 22.8. The molecule has 2 N–H and O–H groups in total. The van der Waals surface area contributed by atoms with Gasteiger partial charge in [-0.25, -0.2) is 0 Å². The molecule has 0 heterocycles. The molecule has 0 saturated heterocycles. The van der Waals surface area contributed by atoms with Gasteiger partial charge in [0.05, 0.1) is 6.61 Å². The fourth-order valence-electron chi connectivity index (χ4n) is 2.64. The maximum Gasteiger partial charge on any atom is 0.251 e. The summed E-state index contributed by atoms with van der Waals surface area (Å²) in [4.78, 5) is 23.8. The van der Waals surface area contributed by atoms with E-state index in [9.17, 15) is 9.59 Å². The maximum atomic E-state index is 11.9. The van der Waals surface area contributed by atoms with Crippen molar-refractivity contribution < 1.29 is 14.3 Å². The Morgan fingerprint density at radius 2 is 1.55 bits per heavy atom. The topological polar surface area (TPSA) is 67.4 Å². The van der Waals surface area contributed by atoms with E-state index in [0.717, 1.165) is 5.75 Å². The lowest BCUT2D eigenvalue weighted by Crippen LogP contribution is -2.34. The minimum Gasteiger partial charge on any atom is -0.494 e. The number of halogens is 1. The van der Waals surface area contributed by atoms with Crippen LogP contribution in [0.15, 0.2) is 48.5 Å². The Labute approximate surface area is 177 Å². The van der Waals surface area contributed by atoms with Crippen LogP contribution in [0.2, 0.25) is 5.02 Å². The Kier molecular flexibility index (Phi) is 8.52. The van der Waals surface area contributed by atoms with Crippen LogP contribution >= 0.6 is 11.6 Å². The van der Waals surface area contributed by atoms with Crippen LogP contribution in [-0.4, -0.2) is 31.5 Å². The molecule has 0 bridgehead atoms. The highest BCUT2D eigenvalue weighted by atomic mass is 35.5. The van der Waals surface area contributed by atoms with Gasteiger partial charge in [-0.05, 0) is 53.8 Å². The standard InChI is InChI=1S/C23H29ClN2O3/c1-23(2,3)18-8-12-20(13-9-18)29-16-4-5-21(27)25-14-15-26-22(28)17-6-10-19(24)11-7-17/h6-13H,4-5,14-16H2,1-3H3,(H,25,27)(H,26,28). The molecule has 5 nitrogen and oxygen atoms in total. The molecular weight excluding hydrogens is 388 g/mol. The predicted molar refractivity (Wildman–Crippen MR) is 117 cm³/mol. The molecule has 0 spiro atoms. The number of carbonyl (C=O) groups excluding carboxylic acids is 2. The monoisotopic (exact) mass is 416 g/mol. The van der Waals surface area contributed by atoms with Gasteiger partial charge in [0.1, 0.15) is 5.75 Å². The van der Waals surface area contributed by atoms with Crippen LogP contribution in [0, 0.1) is 0 Å². The molecule has 29 heavy (non-hydrogen) atoms. The van der Waals surface area contributed by atoms with E-state index in [1.165, 1.54) is 5.56 Å². The number of carbonyl (C=O) groups is 2. The molecule has 0 aliphatic carbocycles. The molecule has 2 rings (SSSR count). The quantitative estimate of drug-likeness (QED) is 0.597. The molecule has 0 radical (unpaired) electrons. The van der Waals surface area contributed by atoms with Crippen molar-refractivity contribution in [1.82, 2.24) is 10.6 Å². The Morgan fingerprint density at radius 1 is 0.931 bits per heavy atom. The van der Waals surface area contributed by atoms with Gasteiger partial charge < -0.3 is 15.4 Å². The van der Waals surface area contributed by atoms with Crippen molar-refractivity contribution in [3.63, 3.8) is 0 Å². The third-order valence-electron chi connectivity index (χ3n) is 4.38. The van der Waals surface area contributed by atoms with Gasteiger partial charge in [0.15, 0.2) is 0 Å². The number of ether oxygens (including phenoxy) is 1. The third-order valence-corrected chi connectivity index (χ3v) is 4.63. The Morgan fingerprint density at radius 3 is 2.17 bits per heavy atom. The molecular formula is C23H29ClN2O3. The van der Waals surface area contributed by atoms with E-state index in [4.69, 9.17) is 16.3 Å². The summed E-state index contributed by atoms with van der Waals surface area (Å²) >= 11 is 5.80. The second-order valence-corrected chi connectivity index (χ2v) is 8.28. The van der Waals surface area contributed by atoms with Crippen molar-refractivity contribution in [3.05, 3.63) is 64.7 Å². The van der Waals surface area contributed by atoms with E-state index >= 15 is 0 Å². The summed E-state index contributed by atoms with van der Waals surface area (Å²) in [5, 5.41) is 6.13. The highest BCUT2D eigenvalue weighted by Gasteiger charge is 2.13. The molecule has 0 unspecified atom stereocenters. The fraction of sp³-hybridized carbons (Fsp3) is 0.391. The molecule has 156 valence electrons. The molecule has 0 aliphatic heterocycles. The van der Waals surface area contributed by atoms with Gasteiger partial charge in [-0.1, -0.05) is 44.5 Å². The molecule has 2 aromatic rings. The Bertz CT molecular complexity index is 796. The normalized spacial score (nSPS) is 11.0. The molecule has 6 heteroatoms. The second-order valence-electron chi connectivity index (χ2n) is 7.84. The average molecular weight is 417 g/mol. The van der Waals surface area contributed by atoms with E-state index in [2.05, 4.69) is 43.5 Å². The van der Waals surface area contributed by atoms with Gasteiger partial charge in [0.2, 0.25) is 5.91 Å². The lowest BCUT2D eigenvalue weighted by Gasteiger charge is -2.19. The van der Waals surface area contributed by atoms with E-state index in [-0.39, 0.29) is 17.2 Å². The maximum absolute atomic E-state index is 11.9. The van der Waals surface area contributed by atoms with Gasteiger partial charge >= 0.3 is 0 Å². The number of hydrogen-bond donors (Lipinski definition) is 2. The molecule has 0 aliphatic rings. The summed E-state index contributed by atoms with van der Waals surface area (Å²) in [6.45, 7) is 7.74. The Balaban J connectivity index is 1.57. The van der Waals surface area contributed by atoms with Gasteiger partial charge in [-0.15, -0.1) is 0 Å². The highest BCUT2D eigenvalue weighted by Crippen LogP contribution is 2.24. The first-order valence-corrected chi connectivity index (χ1v) is 10.2. The highest BCUT2D eigenvalue weighted by molar-refractivity contribution is 6.30. The van der Waals surface area contributed by atoms with Crippen LogP contribution in [0.4, 0.5) is 0 Å². The number of hydrogen-bond acceptors (Lipinski definition) is 3. The summed E-state index contributed by atoms with van der Waals surface area (Å²) < 4.78 is 5.69. The van der Waals surface area contributed by atoms with Crippen molar-refractivity contribution in [2.75, 3.05) is 19.7 Å². The number of amides is 2. The minimum atomic E-state index is -0.193. The zero-order chi connectivity index (χ0) is 21.3. The lowest BCUT2D eigenvalue weighted by molar-refractivity contribution is -0.121. The van der Waals surface area contributed by atoms with Crippen LogP contribution in [-0.2, 0) is 10.2 Å². The van der Waals surface area contributed by atoms with Crippen LogP contribution in [0.25, 0.3) is 0 Å². The molecule has 2 aromatic carbocycles. The largest absolute Gasteiger partial charge is 0.494 e. The summed E-state index contributed by atoms with van der Waals surface area (Å²) in [6, 6.07) is 14.7. The van der Waals surface area contributed by atoms with Crippen LogP contribution in [0.3, 0.4) is 0 Å². The summed E-state index contributed by atoms with van der Waals surface area (Å²) in [6.07, 6.45) is 1.01. The summed E-state index contributed by atoms with van der Waals surface area (Å²) in [5.74, 6) is 0.558. The van der Waals surface area contributed by atoms with E-state index in [1.54, 1.807) is 24.3 Å². The van der Waals surface area contributed by atoms with Crippen molar-refractivity contribution in [2.45, 2.75) is 39.0 Å². The van der Waals surface area contributed by atoms with E-state index in [1.807, 2.05) is 12.1 Å². The lowest BCUT2D eigenvalue weighted by atomic mass is 9.87. The van der Waals surface area contributed by atoms with Crippen LogP contribution < -0.4 is 15.4 Å². The van der Waals surface area contributed by atoms with Crippen LogP contribution in [0.5, 0.6) is 5.75 Å².